The molecule has 6 nitrogen and oxygen atoms in total. The Hall–Kier alpha value is -1.90. The van der Waals surface area contributed by atoms with Gasteiger partial charge in [-0.05, 0) is 64.7 Å². The molecule has 0 spiro atoms. The predicted octanol–water partition coefficient (Wildman–Crippen LogP) is 4.51. The van der Waals surface area contributed by atoms with E-state index in [0.717, 1.165) is 11.1 Å². The van der Waals surface area contributed by atoms with E-state index in [0.29, 0.717) is 40.3 Å². The van der Waals surface area contributed by atoms with E-state index >= 15 is 0 Å². The van der Waals surface area contributed by atoms with E-state index in [-0.39, 0.29) is 23.0 Å². The quantitative estimate of drug-likeness (QED) is 0.616. The van der Waals surface area contributed by atoms with Gasteiger partial charge in [-0.1, -0.05) is 24.6 Å². The van der Waals surface area contributed by atoms with Gasteiger partial charge in [0.15, 0.2) is 9.84 Å². The first-order valence-corrected chi connectivity index (χ1v) is 12.4. The van der Waals surface area contributed by atoms with Gasteiger partial charge in [0.05, 0.1) is 10.6 Å². The van der Waals surface area contributed by atoms with Crippen molar-refractivity contribution in [3.05, 3.63) is 51.0 Å². The van der Waals surface area contributed by atoms with Crippen LogP contribution >= 0.6 is 27.5 Å². The molecular formula is C21H22BrClN2O4S. The van der Waals surface area contributed by atoms with Crippen molar-refractivity contribution in [2.75, 3.05) is 22.5 Å². The number of hydrogen-bond acceptors (Lipinski definition) is 4. The maximum Gasteiger partial charge on any atom is 0.226 e. The normalized spacial score (nSPS) is 13.3. The average Bonchev–Trinajstić information content (AvgIpc) is 3.11. The number of hydrogen-bond donors (Lipinski definition) is 1. The summed E-state index contributed by atoms with van der Waals surface area (Å²) in [6, 6.07) is 8.43. The molecule has 3 rings (SSSR count). The lowest BCUT2D eigenvalue weighted by Gasteiger charge is -2.18. The van der Waals surface area contributed by atoms with Gasteiger partial charge in [-0.2, -0.15) is 0 Å². The molecule has 1 N–H and O–H groups in total. The number of halogens is 2. The molecule has 1 aliphatic rings. The Morgan fingerprint density at radius 2 is 2.00 bits per heavy atom. The monoisotopic (exact) mass is 512 g/mol. The zero-order valence-corrected chi connectivity index (χ0v) is 19.8. The number of benzene rings is 2. The highest BCUT2D eigenvalue weighted by atomic mass is 79.9. The number of nitrogens with zero attached hydrogens (tertiary/aromatic N) is 1. The SMILES string of the molecule is CCC(=O)N1CCc2cc(Br)c(S(=O)(=O)CCC(=O)Nc3cccc(Cl)c3C)cc21. The Morgan fingerprint density at radius 1 is 1.27 bits per heavy atom. The van der Waals surface area contributed by atoms with Crippen molar-refractivity contribution in [1.29, 1.82) is 0 Å². The van der Waals surface area contributed by atoms with Crippen LogP contribution in [0.2, 0.25) is 5.02 Å². The van der Waals surface area contributed by atoms with Crippen LogP contribution in [0.1, 0.15) is 30.9 Å². The van der Waals surface area contributed by atoms with E-state index in [1.807, 2.05) is 0 Å². The molecule has 160 valence electrons. The Labute approximate surface area is 189 Å². The van der Waals surface area contributed by atoms with Gasteiger partial charge in [-0.3, -0.25) is 9.59 Å². The smallest absolute Gasteiger partial charge is 0.226 e. The molecule has 2 aromatic rings. The zero-order valence-electron chi connectivity index (χ0n) is 16.7. The van der Waals surface area contributed by atoms with Crippen molar-refractivity contribution in [2.24, 2.45) is 0 Å². The van der Waals surface area contributed by atoms with Crippen LogP contribution < -0.4 is 10.2 Å². The van der Waals surface area contributed by atoms with Crippen molar-refractivity contribution in [2.45, 2.75) is 38.0 Å². The first-order valence-electron chi connectivity index (χ1n) is 9.54. The van der Waals surface area contributed by atoms with Crippen LogP contribution in [0.3, 0.4) is 0 Å². The maximum absolute atomic E-state index is 12.9. The Morgan fingerprint density at radius 3 is 2.70 bits per heavy atom. The van der Waals surface area contributed by atoms with Gasteiger partial charge >= 0.3 is 0 Å². The van der Waals surface area contributed by atoms with E-state index in [9.17, 15) is 18.0 Å². The highest BCUT2D eigenvalue weighted by Gasteiger charge is 2.28. The van der Waals surface area contributed by atoms with Crippen molar-refractivity contribution in [3.63, 3.8) is 0 Å². The minimum Gasteiger partial charge on any atom is -0.326 e. The number of rotatable bonds is 6. The highest BCUT2D eigenvalue weighted by Crippen LogP contribution is 2.36. The molecule has 30 heavy (non-hydrogen) atoms. The van der Waals surface area contributed by atoms with E-state index in [2.05, 4.69) is 21.2 Å². The van der Waals surface area contributed by atoms with Crippen LogP contribution in [0.15, 0.2) is 39.7 Å². The minimum atomic E-state index is -3.75. The molecule has 1 heterocycles. The largest absolute Gasteiger partial charge is 0.326 e. The molecule has 0 atom stereocenters. The van der Waals surface area contributed by atoms with E-state index in [1.54, 1.807) is 43.0 Å². The number of fused-ring (bicyclic) bond motifs is 1. The Balaban J connectivity index is 1.77. The van der Waals surface area contributed by atoms with Crippen molar-refractivity contribution in [3.8, 4) is 0 Å². The summed E-state index contributed by atoms with van der Waals surface area (Å²) in [5.74, 6) is -0.808. The molecular weight excluding hydrogens is 492 g/mol. The number of amides is 2. The minimum absolute atomic E-state index is 0.0457. The number of anilines is 2. The summed E-state index contributed by atoms with van der Waals surface area (Å²) in [4.78, 5) is 26.2. The Bertz CT molecular complexity index is 1120. The number of sulfone groups is 1. The third kappa shape index (κ3) is 4.71. The molecule has 0 radical (unpaired) electrons. The summed E-state index contributed by atoms with van der Waals surface area (Å²) < 4.78 is 26.3. The summed E-state index contributed by atoms with van der Waals surface area (Å²) in [6.07, 6.45) is 0.831. The van der Waals surface area contributed by atoms with Gasteiger partial charge in [0.2, 0.25) is 11.8 Å². The fourth-order valence-electron chi connectivity index (χ4n) is 3.37. The predicted molar refractivity (Wildman–Crippen MR) is 122 cm³/mol. The van der Waals surface area contributed by atoms with E-state index in [4.69, 9.17) is 11.6 Å². The number of nitrogens with one attached hydrogen (secondary N) is 1. The highest BCUT2D eigenvalue weighted by molar-refractivity contribution is 9.10. The lowest BCUT2D eigenvalue weighted by atomic mass is 10.2. The van der Waals surface area contributed by atoms with E-state index < -0.39 is 15.7 Å². The van der Waals surface area contributed by atoms with Crippen molar-refractivity contribution in [1.82, 2.24) is 0 Å². The molecule has 1 aliphatic heterocycles. The molecule has 9 heteroatoms. The molecule has 2 aromatic carbocycles. The van der Waals surface area contributed by atoms with Gasteiger partial charge in [0.1, 0.15) is 0 Å². The lowest BCUT2D eigenvalue weighted by molar-refractivity contribution is -0.118. The fraction of sp³-hybridized carbons (Fsp3) is 0.333. The standard InChI is InChI=1S/C21H22BrClN2O4S/c1-3-21(27)25-9-7-14-11-15(22)19(12-18(14)25)30(28,29)10-8-20(26)24-17-6-4-5-16(23)13(17)2/h4-6,11-12H,3,7-10H2,1-2H3,(H,24,26). The van der Waals surface area contributed by atoms with Gasteiger partial charge < -0.3 is 10.2 Å². The topological polar surface area (TPSA) is 83.6 Å². The van der Waals surface area contributed by atoms with Crippen LogP contribution in [0.5, 0.6) is 0 Å². The molecule has 2 amide bonds. The second-order valence-electron chi connectivity index (χ2n) is 7.09. The summed E-state index contributed by atoms with van der Waals surface area (Å²) >= 11 is 9.40. The summed E-state index contributed by atoms with van der Waals surface area (Å²) in [5.41, 5.74) is 2.83. The maximum atomic E-state index is 12.9. The summed E-state index contributed by atoms with van der Waals surface area (Å²) in [5, 5.41) is 3.23. The molecule has 0 aromatic heterocycles. The van der Waals surface area contributed by atoms with Crippen molar-refractivity contribution < 1.29 is 18.0 Å². The second kappa shape index (κ2) is 9.08. The van der Waals surface area contributed by atoms with Gasteiger partial charge in [0.25, 0.3) is 0 Å². The van der Waals surface area contributed by atoms with Crippen LogP contribution in [-0.4, -0.2) is 32.5 Å². The average molecular weight is 514 g/mol. The number of carbonyl (C=O) groups excluding carboxylic acids is 2. The first kappa shape index (κ1) is 22.8. The Kier molecular flexibility index (Phi) is 6.89. The van der Waals surface area contributed by atoms with Crippen LogP contribution in [0.4, 0.5) is 11.4 Å². The van der Waals surface area contributed by atoms with Crippen LogP contribution in [0, 0.1) is 6.92 Å². The van der Waals surface area contributed by atoms with Gasteiger partial charge in [-0.25, -0.2) is 8.42 Å². The van der Waals surface area contributed by atoms with E-state index in [1.165, 1.54) is 6.07 Å². The van der Waals surface area contributed by atoms with Gasteiger partial charge in [-0.15, -0.1) is 0 Å². The van der Waals surface area contributed by atoms with Gasteiger partial charge in [0, 0.05) is 40.3 Å². The lowest BCUT2D eigenvalue weighted by Crippen LogP contribution is -2.28. The third-order valence-electron chi connectivity index (χ3n) is 5.11. The second-order valence-corrected chi connectivity index (χ2v) is 10.4. The first-order chi connectivity index (χ1) is 14.1. The fourth-order valence-corrected chi connectivity index (χ4v) is 6.00. The van der Waals surface area contributed by atoms with Crippen LogP contribution in [-0.2, 0) is 25.8 Å². The molecule has 0 saturated carbocycles. The zero-order chi connectivity index (χ0) is 22.1. The molecule has 0 aliphatic carbocycles. The molecule has 0 bridgehead atoms. The summed E-state index contributed by atoms with van der Waals surface area (Å²) in [7, 11) is -3.75. The summed E-state index contributed by atoms with van der Waals surface area (Å²) in [6.45, 7) is 4.09. The number of carbonyl (C=O) groups is 2. The molecule has 0 saturated heterocycles. The third-order valence-corrected chi connectivity index (χ3v) is 8.18. The van der Waals surface area contributed by atoms with Crippen LogP contribution in [0.25, 0.3) is 0 Å². The molecule has 0 unspecified atom stereocenters. The molecule has 0 fully saturated rings. The van der Waals surface area contributed by atoms with Crippen molar-refractivity contribution >= 4 is 60.6 Å².